The van der Waals surface area contributed by atoms with Gasteiger partial charge in [-0.25, -0.2) is 0 Å². The number of Topliss-reactive ketones (excluding diaryl/α,β-unsaturated/α-hetero) is 1. The zero-order valence-corrected chi connectivity index (χ0v) is 10.7. The molecule has 0 saturated heterocycles. The highest BCUT2D eigenvalue weighted by Crippen LogP contribution is 2.33. The van der Waals surface area contributed by atoms with E-state index in [1.807, 2.05) is 23.9 Å². The minimum atomic E-state index is 0.272. The molecule has 3 rings (SSSR count). The van der Waals surface area contributed by atoms with E-state index in [1.54, 1.807) is 0 Å². The van der Waals surface area contributed by atoms with Gasteiger partial charge in [-0.3, -0.25) is 9.48 Å². The first-order valence-corrected chi connectivity index (χ1v) is 6.38. The number of carbonyl (C=O) groups excluding carboxylic acids is 1. The molecule has 0 bridgehead atoms. The van der Waals surface area contributed by atoms with Crippen LogP contribution in [0.25, 0.3) is 11.1 Å². The first kappa shape index (κ1) is 11.2. The van der Waals surface area contributed by atoms with Gasteiger partial charge in [0.15, 0.2) is 5.78 Å². The zero-order chi connectivity index (χ0) is 12.7. The third-order valence-electron chi connectivity index (χ3n) is 3.61. The molecule has 0 unspecified atom stereocenters. The molecular formula is C15H16N2O. The smallest absolute Gasteiger partial charge is 0.163 e. The molecule has 1 aromatic heterocycles. The van der Waals surface area contributed by atoms with E-state index in [0.29, 0.717) is 6.42 Å². The average molecular weight is 240 g/mol. The maximum absolute atomic E-state index is 11.8. The van der Waals surface area contributed by atoms with Gasteiger partial charge in [-0.05, 0) is 24.0 Å². The topological polar surface area (TPSA) is 34.9 Å². The number of aromatic nitrogens is 2. The molecule has 0 atom stereocenters. The van der Waals surface area contributed by atoms with E-state index in [0.717, 1.165) is 24.1 Å². The molecule has 0 N–H and O–H groups in total. The van der Waals surface area contributed by atoms with E-state index >= 15 is 0 Å². The van der Waals surface area contributed by atoms with Gasteiger partial charge in [-0.2, -0.15) is 5.10 Å². The molecule has 0 aliphatic heterocycles. The predicted molar refractivity (Wildman–Crippen MR) is 70.7 cm³/mol. The van der Waals surface area contributed by atoms with Crippen molar-refractivity contribution in [3.8, 4) is 11.1 Å². The van der Waals surface area contributed by atoms with Crippen molar-refractivity contribution < 1.29 is 4.79 Å². The van der Waals surface area contributed by atoms with Crippen molar-refractivity contribution in [2.75, 3.05) is 0 Å². The summed E-state index contributed by atoms with van der Waals surface area (Å²) in [6.45, 7) is 2.11. The summed E-state index contributed by atoms with van der Waals surface area (Å²) in [4.78, 5) is 11.8. The number of fused-ring (bicyclic) bond motifs is 1. The monoisotopic (exact) mass is 240 g/mol. The maximum atomic E-state index is 11.8. The SMILES string of the molecule is CCc1nn(C)cc1-c1cccc2c1CCC2=O. The molecule has 92 valence electrons. The highest BCUT2D eigenvalue weighted by molar-refractivity contribution is 6.02. The van der Waals surface area contributed by atoms with Gasteiger partial charge >= 0.3 is 0 Å². The van der Waals surface area contributed by atoms with Crippen LogP contribution in [0.5, 0.6) is 0 Å². The van der Waals surface area contributed by atoms with E-state index < -0.39 is 0 Å². The first-order valence-electron chi connectivity index (χ1n) is 6.38. The van der Waals surface area contributed by atoms with E-state index in [-0.39, 0.29) is 5.78 Å². The van der Waals surface area contributed by atoms with Crippen molar-refractivity contribution in [2.24, 2.45) is 7.05 Å². The maximum Gasteiger partial charge on any atom is 0.163 e. The number of ketones is 1. The fourth-order valence-corrected chi connectivity index (χ4v) is 2.76. The molecule has 0 saturated carbocycles. The molecule has 3 heteroatoms. The van der Waals surface area contributed by atoms with Crippen LogP contribution in [0.2, 0.25) is 0 Å². The molecule has 3 nitrogen and oxygen atoms in total. The fourth-order valence-electron chi connectivity index (χ4n) is 2.76. The Bertz CT molecular complexity index is 625. The Kier molecular flexibility index (Phi) is 2.54. The number of rotatable bonds is 2. The Balaban J connectivity index is 2.21. The molecule has 0 fully saturated rings. The highest BCUT2D eigenvalue weighted by atomic mass is 16.1. The van der Waals surface area contributed by atoms with Gasteiger partial charge in [-0.1, -0.05) is 25.1 Å². The summed E-state index contributed by atoms with van der Waals surface area (Å²) >= 11 is 0. The standard InChI is InChI=1S/C15H16N2O/c1-3-14-13(9-17(2)16-14)10-5-4-6-12-11(10)7-8-15(12)18/h4-6,9H,3,7-8H2,1-2H3. The van der Waals surface area contributed by atoms with Gasteiger partial charge in [0, 0.05) is 30.8 Å². The molecule has 0 spiro atoms. The second-order valence-electron chi connectivity index (χ2n) is 4.77. The molecule has 0 amide bonds. The lowest BCUT2D eigenvalue weighted by molar-refractivity contribution is 0.0994. The summed E-state index contributed by atoms with van der Waals surface area (Å²) < 4.78 is 1.85. The Morgan fingerprint density at radius 3 is 2.78 bits per heavy atom. The molecule has 0 radical (unpaired) electrons. The summed E-state index contributed by atoms with van der Waals surface area (Å²) in [6, 6.07) is 6.02. The van der Waals surface area contributed by atoms with E-state index in [1.165, 1.54) is 16.7 Å². The number of carbonyl (C=O) groups is 1. The molecule has 1 aromatic carbocycles. The largest absolute Gasteiger partial charge is 0.294 e. The molecular weight excluding hydrogens is 224 g/mol. The van der Waals surface area contributed by atoms with Crippen molar-refractivity contribution in [2.45, 2.75) is 26.2 Å². The third-order valence-corrected chi connectivity index (χ3v) is 3.61. The first-order chi connectivity index (χ1) is 8.70. The fraction of sp³-hybridized carbons (Fsp3) is 0.333. The van der Waals surface area contributed by atoms with Crippen molar-refractivity contribution in [1.82, 2.24) is 9.78 Å². The second kappa shape index (κ2) is 4.09. The lowest BCUT2D eigenvalue weighted by Gasteiger charge is -2.07. The van der Waals surface area contributed by atoms with Gasteiger partial charge in [0.05, 0.1) is 5.69 Å². The Morgan fingerprint density at radius 2 is 2.00 bits per heavy atom. The Hall–Kier alpha value is -1.90. The Morgan fingerprint density at radius 1 is 1.22 bits per heavy atom. The molecule has 1 heterocycles. The summed E-state index contributed by atoms with van der Waals surface area (Å²) in [6.07, 6.45) is 4.47. The minimum absolute atomic E-state index is 0.272. The van der Waals surface area contributed by atoms with Crippen LogP contribution in [0.1, 0.15) is 35.0 Å². The Labute approximate surface area is 106 Å². The van der Waals surface area contributed by atoms with Crippen LogP contribution in [-0.4, -0.2) is 15.6 Å². The van der Waals surface area contributed by atoms with Crippen LogP contribution in [0.3, 0.4) is 0 Å². The number of nitrogens with zero attached hydrogens (tertiary/aromatic N) is 2. The van der Waals surface area contributed by atoms with Gasteiger partial charge in [0.2, 0.25) is 0 Å². The van der Waals surface area contributed by atoms with Gasteiger partial charge in [0.25, 0.3) is 0 Å². The van der Waals surface area contributed by atoms with Crippen LogP contribution < -0.4 is 0 Å². The average Bonchev–Trinajstić information content (AvgIpc) is 2.93. The van der Waals surface area contributed by atoms with Crippen LogP contribution in [0.15, 0.2) is 24.4 Å². The van der Waals surface area contributed by atoms with Crippen molar-refractivity contribution >= 4 is 5.78 Å². The molecule has 1 aliphatic rings. The van der Waals surface area contributed by atoms with Crippen LogP contribution in [0.4, 0.5) is 0 Å². The van der Waals surface area contributed by atoms with Gasteiger partial charge in [-0.15, -0.1) is 0 Å². The zero-order valence-electron chi connectivity index (χ0n) is 10.7. The summed E-state index contributed by atoms with van der Waals surface area (Å²) in [5.41, 5.74) is 5.56. The third kappa shape index (κ3) is 1.58. The van der Waals surface area contributed by atoms with Crippen molar-refractivity contribution in [3.63, 3.8) is 0 Å². The number of benzene rings is 1. The van der Waals surface area contributed by atoms with E-state index in [2.05, 4.69) is 24.3 Å². The molecule has 1 aliphatic carbocycles. The molecule has 18 heavy (non-hydrogen) atoms. The minimum Gasteiger partial charge on any atom is -0.294 e. The lowest BCUT2D eigenvalue weighted by atomic mass is 9.96. The van der Waals surface area contributed by atoms with Crippen LogP contribution in [0, 0.1) is 0 Å². The highest BCUT2D eigenvalue weighted by Gasteiger charge is 2.23. The number of hydrogen-bond acceptors (Lipinski definition) is 2. The van der Waals surface area contributed by atoms with Crippen LogP contribution >= 0.6 is 0 Å². The predicted octanol–water partition coefficient (Wildman–Crippen LogP) is 2.78. The molecule has 2 aromatic rings. The number of aryl methyl sites for hydroxylation is 2. The van der Waals surface area contributed by atoms with Crippen molar-refractivity contribution in [3.05, 3.63) is 41.2 Å². The number of hydrogen-bond donors (Lipinski definition) is 0. The van der Waals surface area contributed by atoms with Gasteiger partial charge in [0.1, 0.15) is 0 Å². The normalized spacial score (nSPS) is 14.0. The van der Waals surface area contributed by atoms with Crippen molar-refractivity contribution in [1.29, 1.82) is 0 Å². The second-order valence-corrected chi connectivity index (χ2v) is 4.77. The summed E-state index contributed by atoms with van der Waals surface area (Å²) in [5, 5.41) is 4.48. The quantitative estimate of drug-likeness (QED) is 0.809. The lowest BCUT2D eigenvalue weighted by Crippen LogP contribution is -1.93. The van der Waals surface area contributed by atoms with E-state index in [9.17, 15) is 4.79 Å². The summed E-state index contributed by atoms with van der Waals surface area (Å²) in [7, 11) is 1.94. The summed E-state index contributed by atoms with van der Waals surface area (Å²) in [5.74, 6) is 0.272. The van der Waals surface area contributed by atoms with E-state index in [4.69, 9.17) is 0 Å². The van der Waals surface area contributed by atoms with Crippen LogP contribution in [-0.2, 0) is 19.9 Å². The van der Waals surface area contributed by atoms with Gasteiger partial charge < -0.3 is 0 Å².